The Morgan fingerprint density at radius 2 is 2.00 bits per heavy atom. The van der Waals surface area contributed by atoms with E-state index in [9.17, 15) is 8.42 Å². The number of rotatable bonds is 6. The van der Waals surface area contributed by atoms with Gasteiger partial charge in [-0.3, -0.25) is 4.72 Å². The molecule has 0 aliphatic carbocycles. The van der Waals surface area contributed by atoms with Crippen LogP contribution in [0.2, 0.25) is 0 Å². The summed E-state index contributed by atoms with van der Waals surface area (Å²) in [6.07, 6.45) is 0. The lowest BCUT2D eigenvalue weighted by molar-refractivity contribution is 0.601. The fraction of sp³-hybridized carbons (Fsp3) is 0.286. The lowest BCUT2D eigenvalue weighted by atomic mass is 10.3. The van der Waals surface area contributed by atoms with E-state index in [-0.39, 0.29) is 0 Å². The molecule has 0 saturated heterocycles. The van der Waals surface area contributed by atoms with Gasteiger partial charge in [0.1, 0.15) is 4.90 Å². The number of sulfonamides is 1. The minimum atomic E-state index is -3.54. The van der Waals surface area contributed by atoms with Crippen molar-refractivity contribution in [1.29, 1.82) is 0 Å². The van der Waals surface area contributed by atoms with Crippen molar-refractivity contribution in [2.24, 2.45) is 0 Å². The highest BCUT2D eigenvalue weighted by molar-refractivity contribution is 14.1. The Morgan fingerprint density at radius 3 is 2.67 bits per heavy atom. The summed E-state index contributed by atoms with van der Waals surface area (Å²) in [5.74, 6) is 0. The predicted octanol–water partition coefficient (Wildman–Crippen LogP) is 3.57. The molecule has 0 atom stereocenters. The van der Waals surface area contributed by atoms with E-state index in [0.29, 0.717) is 17.1 Å². The molecule has 2 rings (SSSR count). The van der Waals surface area contributed by atoms with E-state index in [0.717, 1.165) is 19.9 Å². The molecular weight excluding hydrogens is 419 g/mol. The molecule has 0 bridgehead atoms. The number of benzene rings is 1. The van der Waals surface area contributed by atoms with Gasteiger partial charge in [-0.25, -0.2) is 8.42 Å². The average molecular weight is 436 g/mol. The first-order valence-corrected chi connectivity index (χ1v) is 9.89. The third-order valence-corrected chi connectivity index (χ3v) is 6.49. The minimum Gasteiger partial charge on any atom is -0.312 e. The Labute approximate surface area is 143 Å². The lowest BCUT2D eigenvalue weighted by Gasteiger charge is -2.09. The first-order chi connectivity index (χ1) is 9.94. The van der Waals surface area contributed by atoms with Gasteiger partial charge in [0, 0.05) is 19.9 Å². The van der Waals surface area contributed by atoms with E-state index in [1.165, 1.54) is 11.3 Å². The first-order valence-electron chi connectivity index (χ1n) is 6.51. The number of anilines is 1. The third kappa shape index (κ3) is 4.18. The van der Waals surface area contributed by atoms with Gasteiger partial charge in [-0.15, -0.1) is 11.3 Å². The fourth-order valence-corrected chi connectivity index (χ4v) is 5.26. The standard InChI is InChI=1S/C14H17IN2O2S2/c1-3-16-9-11-8-14(10(2)20-11)21(18,19)17-13-7-5-4-6-12(13)15/h4-8,16-17H,3,9H2,1-2H3. The topological polar surface area (TPSA) is 58.2 Å². The van der Waals surface area contributed by atoms with E-state index in [1.807, 2.05) is 32.0 Å². The average Bonchev–Trinajstić information content (AvgIpc) is 2.81. The maximum Gasteiger partial charge on any atom is 0.263 e. The van der Waals surface area contributed by atoms with Gasteiger partial charge in [-0.2, -0.15) is 0 Å². The molecule has 0 amide bonds. The van der Waals surface area contributed by atoms with Crippen LogP contribution in [-0.4, -0.2) is 15.0 Å². The van der Waals surface area contributed by atoms with Crippen LogP contribution in [-0.2, 0) is 16.6 Å². The Hall–Kier alpha value is -0.640. The molecular formula is C14H17IN2O2S2. The summed E-state index contributed by atoms with van der Waals surface area (Å²) in [4.78, 5) is 2.19. The maximum absolute atomic E-state index is 12.5. The van der Waals surface area contributed by atoms with Gasteiger partial charge in [0.2, 0.25) is 0 Å². The minimum absolute atomic E-state index is 0.361. The number of hydrogen-bond donors (Lipinski definition) is 2. The molecule has 4 nitrogen and oxygen atoms in total. The molecule has 0 fully saturated rings. The van der Waals surface area contributed by atoms with Gasteiger partial charge in [0.05, 0.1) is 5.69 Å². The number of hydrogen-bond acceptors (Lipinski definition) is 4. The van der Waals surface area contributed by atoms with Gasteiger partial charge in [-0.1, -0.05) is 19.1 Å². The summed E-state index contributed by atoms with van der Waals surface area (Å²) >= 11 is 3.63. The Bertz CT molecular complexity index is 726. The van der Waals surface area contributed by atoms with Crippen molar-refractivity contribution in [3.63, 3.8) is 0 Å². The zero-order valence-electron chi connectivity index (χ0n) is 11.8. The molecule has 0 aliphatic heterocycles. The molecule has 0 radical (unpaired) electrons. The van der Waals surface area contributed by atoms with Crippen LogP contribution in [0.25, 0.3) is 0 Å². The summed E-state index contributed by atoms with van der Waals surface area (Å²) in [7, 11) is -3.54. The summed E-state index contributed by atoms with van der Waals surface area (Å²) in [5.41, 5.74) is 0.608. The van der Waals surface area contributed by atoms with E-state index >= 15 is 0 Å². The Balaban J connectivity index is 2.27. The second-order valence-electron chi connectivity index (χ2n) is 4.50. The second-order valence-corrected chi connectivity index (χ2v) is 8.65. The third-order valence-electron chi connectivity index (χ3n) is 2.88. The molecule has 0 spiro atoms. The molecule has 1 aromatic carbocycles. The van der Waals surface area contributed by atoms with E-state index in [2.05, 4.69) is 32.6 Å². The molecule has 0 unspecified atom stereocenters. The van der Waals surface area contributed by atoms with Crippen molar-refractivity contribution in [2.45, 2.75) is 25.3 Å². The molecule has 1 aromatic heterocycles. The van der Waals surface area contributed by atoms with Crippen LogP contribution in [0.1, 0.15) is 16.7 Å². The smallest absolute Gasteiger partial charge is 0.263 e. The molecule has 21 heavy (non-hydrogen) atoms. The van der Waals surface area contributed by atoms with Gasteiger partial charge in [0.25, 0.3) is 10.0 Å². The van der Waals surface area contributed by atoms with Crippen LogP contribution in [0.4, 0.5) is 5.69 Å². The van der Waals surface area contributed by atoms with Crippen LogP contribution in [0.3, 0.4) is 0 Å². The van der Waals surface area contributed by atoms with E-state index in [4.69, 9.17) is 0 Å². The van der Waals surface area contributed by atoms with Crippen molar-refractivity contribution in [1.82, 2.24) is 5.32 Å². The molecule has 2 aromatic rings. The summed E-state index contributed by atoms with van der Waals surface area (Å²) in [5, 5.41) is 3.21. The zero-order chi connectivity index (χ0) is 15.5. The molecule has 114 valence electrons. The molecule has 7 heteroatoms. The summed E-state index contributed by atoms with van der Waals surface area (Å²) in [6.45, 7) is 5.42. The van der Waals surface area contributed by atoms with Gasteiger partial charge in [0.15, 0.2) is 0 Å². The highest BCUT2D eigenvalue weighted by Crippen LogP contribution is 2.28. The summed E-state index contributed by atoms with van der Waals surface area (Å²) in [6, 6.07) is 9.08. The van der Waals surface area contributed by atoms with Crippen molar-refractivity contribution >= 4 is 49.6 Å². The summed E-state index contributed by atoms with van der Waals surface area (Å²) < 4.78 is 28.6. The van der Waals surface area contributed by atoms with Gasteiger partial charge >= 0.3 is 0 Å². The normalized spacial score (nSPS) is 11.6. The first kappa shape index (κ1) is 16.7. The highest BCUT2D eigenvalue weighted by atomic mass is 127. The van der Waals surface area contributed by atoms with Crippen LogP contribution in [0, 0.1) is 10.5 Å². The maximum atomic E-state index is 12.5. The Kier molecular flexibility index (Phi) is 5.64. The fourth-order valence-electron chi connectivity index (χ4n) is 1.87. The predicted molar refractivity (Wildman–Crippen MR) is 96.4 cm³/mol. The largest absolute Gasteiger partial charge is 0.312 e. The van der Waals surface area contributed by atoms with Crippen LogP contribution in [0.15, 0.2) is 35.2 Å². The number of para-hydroxylation sites is 1. The van der Waals surface area contributed by atoms with Crippen LogP contribution < -0.4 is 10.0 Å². The second kappa shape index (κ2) is 7.08. The van der Waals surface area contributed by atoms with Crippen LogP contribution in [0.5, 0.6) is 0 Å². The van der Waals surface area contributed by atoms with Gasteiger partial charge < -0.3 is 5.32 Å². The molecule has 0 saturated carbocycles. The van der Waals surface area contributed by atoms with Crippen LogP contribution >= 0.6 is 33.9 Å². The SMILES string of the molecule is CCNCc1cc(S(=O)(=O)Nc2ccccc2I)c(C)s1. The molecule has 1 heterocycles. The number of halogens is 1. The lowest BCUT2D eigenvalue weighted by Crippen LogP contribution is -2.14. The van der Waals surface area contributed by atoms with Crippen molar-refractivity contribution in [3.05, 3.63) is 43.7 Å². The number of nitrogens with one attached hydrogen (secondary N) is 2. The monoisotopic (exact) mass is 436 g/mol. The van der Waals surface area contributed by atoms with Gasteiger partial charge in [-0.05, 0) is 54.3 Å². The highest BCUT2D eigenvalue weighted by Gasteiger charge is 2.20. The van der Waals surface area contributed by atoms with Crippen molar-refractivity contribution in [2.75, 3.05) is 11.3 Å². The number of thiophene rings is 1. The Morgan fingerprint density at radius 1 is 1.29 bits per heavy atom. The van der Waals surface area contributed by atoms with E-state index in [1.54, 1.807) is 12.1 Å². The molecule has 0 aliphatic rings. The zero-order valence-corrected chi connectivity index (χ0v) is 15.6. The number of aryl methyl sites for hydroxylation is 1. The molecule has 2 N–H and O–H groups in total. The quantitative estimate of drug-likeness (QED) is 0.681. The van der Waals surface area contributed by atoms with Crippen molar-refractivity contribution < 1.29 is 8.42 Å². The van der Waals surface area contributed by atoms with E-state index < -0.39 is 10.0 Å². The van der Waals surface area contributed by atoms with Crippen molar-refractivity contribution in [3.8, 4) is 0 Å².